The van der Waals surface area contributed by atoms with E-state index >= 15 is 0 Å². The number of rotatable bonds is 14. The number of nitrogens with one attached hydrogen (secondary N) is 3. The highest BCUT2D eigenvalue weighted by Crippen LogP contribution is 2.35. The van der Waals surface area contributed by atoms with Crippen LogP contribution in [-0.2, 0) is 47.4 Å². The molecule has 1 aliphatic carbocycles. The Hall–Kier alpha value is -4.01. The standard InChI is InChI=1S/C47H83N5O19/c1-43(2,3)68-39(57)49-27-19-18-26(24-52(42(60)71-46(10,11)12)20-22-63-30-17-15-16-21-62-30)65-36(27)66-34-29(50-40(58)69-44(4,5)6)23-28(48-38(55)56)33(31(34)53)67-37-32(54)35(47(13,61)25-64-37)51(14)41(59)70-45(7,8)9/h26-37,48,53-54,61H,15-25H2,1-14H3,(H,49,57)(H,50,58)(H,55,56)/t26-,27+,28+,29-,30?,31+,32+,33-,34+,35+,36+,37+,47-/m0/s1. The lowest BCUT2D eigenvalue weighted by Crippen LogP contribution is -2.70. The minimum atomic E-state index is -1.90. The summed E-state index contributed by atoms with van der Waals surface area (Å²) < 4.78 is 59.4. The number of hydrogen-bond acceptors (Lipinski definition) is 18. The Labute approximate surface area is 417 Å². The van der Waals surface area contributed by atoms with Gasteiger partial charge in [-0.15, -0.1) is 0 Å². The second-order valence-corrected chi connectivity index (χ2v) is 22.8. The van der Waals surface area contributed by atoms with E-state index in [2.05, 4.69) is 16.0 Å². The molecule has 5 amide bonds. The minimum absolute atomic E-state index is 0.0362. The van der Waals surface area contributed by atoms with E-state index in [4.69, 9.17) is 47.4 Å². The van der Waals surface area contributed by atoms with Crippen molar-refractivity contribution in [1.82, 2.24) is 25.8 Å². The molecule has 0 aromatic carbocycles. The van der Waals surface area contributed by atoms with Crippen LogP contribution in [-0.4, -0.2) is 202 Å². The van der Waals surface area contributed by atoms with Gasteiger partial charge in [-0.1, -0.05) is 0 Å². The van der Waals surface area contributed by atoms with Crippen LogP contribution >= 0.6 is 0 Å². The second kappa shape index (κ2) is 24.3. The minimum Gasteiger partial charge on any atom is -0.465 e. The van der Waals surface area contributed by atoms with Gasteiger partial charge in [0.25, 0.3) is 0 Å². The molecular weight excluding hydrogens is 939 g/mol. The van der Waals surface area contributed by atoms with E-state index in [0.717, 1.165) is 17.7 Å². The zero-order valence-electron chi connectivity index (χ0n) is 44.0. The van der Waals surface area contributed by atoms with E-state index < -0.39 is 139 Å². The van der Waals surface area contributed by atoms with E-state index in [9.17, 15) is 44.4 Å². The molecule has 24 nitrogen and oxygen atoms in total. The van der Waals surface area contributed by atoms with Gasteiger partial charge in [0.15, 0.2) is 18.9 Å². The number of hydrogen-bond donors (Lipinski definition) is 7. The third-order valence-corrected chi connectivity index (χ3v) is 11.5. The third kappa shape index (κ3) is 19.1. The average molecular weight is 1020 g/mol. The molecule has 3 saturated heterocycles. The normalized spacial score (nSPS) is 31.8. The Morgan fingerprint density at radius 2 is 1.21 bits per heavy atom. The summed E-state index contributed by atoms with van der Waals surface area (Å²) in [6.07, 6.45) is -13.4. The Morgan fingerprint density at radius 3 is 1.75 bits per heavy atom. The van der Waals surface area contributed by atoms with Crippen LogP contribution in [0.4, 0.5) is 24.0 Å². The third-order valence-electron chi connectivity index (χ3n) is 11.5. The number of amides is 5. The molecule has 4 fully saturated rings. The number of carboxylic acid groups (broad SMARTS) is 1. The van der Waals surface area contributed by atoms with Gasteiger partial charge in [-0.25, -0.2) is 24.0 Å². The molecule has 3 aliphatic heterocycles. The Morgan fingerprint density at radius 1 is 0.676 bits per heavy atom. The zero-order chi connectivity index (χ0) is 53.4. The van der Waals surface area contributed by atoms with Crippen molar-refractivity contribution in [1.29, 1.82) is 0 Å². The molecule has 3 heterocycles. The van der Waals surface area contributed by atoms with Crippen molar-refractivity contribution in [3.8, 4) is 0 Å². The summed E-state index contributed by atoms with van der Waals surface area (Å²) in [6, 6.07) is -4.98. The Kier molecular flexibility index (Phi) is 20.4. The number of carbonyl (C=O) groups is 5. The molecule has 13 atom stereocenters. The SMILES string of the molecule is CN(C(=O)OC(C)(C)C)[C@@H]1[C@@H](O)[C@@H](O[C@@H]2[C@@H](O)[C@H](O[C@H]3O[C@H](CN(CCOC4CCCCO4)C(=O)OC(C)(C)C)CC[C@H]3NC(=O)OC(C)(C)C)[C@@H](NC(=O)OC(C)(C)C)C[C@H]2NC(=O)O)OC[C@]1(C)O. The molecule has 0 aromatic rings. The summed E-state index contributed by atoms with van der Waals surface area (Å²) in [5.41, 5.74) is -5.55. The number of aliphatic hydroxyl groups is 3. The molecule has 0 bridgehead atoms. The van der Waals surface area contributed by atoms with Gasteiger partial charge in [0, 0.05) is 20.2 Å². The van der Waals surface area contributed by atoms with Gasteiger partial charge in [0.05, 0.1) is 50.0 Å². The first kappa shape index (κ1) is 59.6. The molecule has 4 aliphatic rings. The van der Waals surface area contributed by atoms with E-state index in [-0.39, 0.29) is 39.0 Å². The highest BCUT2D eigenvalue weighted by molar-refractivity contribution is 5.70. The fraction of sp³-hybridized carbons (Fsp3) is 0.894. The molecule has 71 heavy (non-hydrogen) atoms. The fourth-order valence-corrected chi connectivity index (χ4v) is 8.61. The Balaban J connectivity index is 1.72. The van der Waals surface area contributed by atoms with Crippen LogP contribution in [0, 0.1) is 0 Å². The summed E-state index contributed by atoms with van der Waals surface area (Å²) in [4.78, 5) is 68.6. The van der Waals surface area contributed by atoms with Crippen LogP contribution in [0.3, 0.4) is 0 Å². The van der Waals surface area contributed by atoms with E-state index in [1.807, 2.05) is 0 Å². The van der Waals surface area contributed by atoms with Gasteiger partial charge in [-0.05, 0) is 129 Å². The molecule has 4 rings (SSSR count). The van der Waals surface area contributed by atoms with Gasteiger partial charge in [0.1, 0.15) is 52.4 Å². The van der Waals surface area contributed by atoms with Crippen molar-refractivity contribution in [2.45, 2.75) is 230 Å². The summed E-state index contributed by atoms with van der Waals surface area (Å²) in [7, 11) is 1.31. The molecule has 7 N–H and O–H groups in total. The largest absolute Gasteiger partial charge is 0.465 e. The smallest absolute Gasteiger partial charge is 0.410 e. The van der Waals surface area contributed by atoms with Crippen molar-refractivity contribution in [3.63, 3.8) is 0 Å². The maximum absolute atomic E-state index is 13.7. The summed E-state index contributed by atoms with van der Waals surface area (Å²) in [6.45, 7) is 21.7. The molecule has 0 aromatic heterocycles. The van der Waals surface area contributed by atoms with Gasteiger partial charge in [0.2, 0.25) is 0 Å². The van der Waals surface area contributed by atoms with Gasteiger partial charge in [-0.2, -0.15) is 0 Å². The number of alkyl carbamates (subject to hydrolysis) is 2. The average Bonchev–Trinajstić information content (AvgIpc) is 3.19. The maximum Gasteiger partial charge on any atom is 0.410 e. The van der Waals surface area contributed by atoms with E-state index in [0.29, 0.717) is 13.0 Å². The van der Waals surface area contributed by atoms with Crippen molar-refractivity contribution in [3.05, 3.63) is 0 Å². The van der Waals surface area contributed by atoms with Gasteiger partial charge < -0.3 is 93.5 Å². The first-order chi connectivity index (χ1) is 32.6. The fourth-order valence-electron chi connectivity index (χ4n) is 8.61. The summed E-state index contributed by atoms with van der Waals surface area (Å²) in [5.74, 6) is 0. The molecule has 1 unspecified atom stereocenters. The monoisotopic (exact) mass is 1020 g/mol. The van der Waals surface area contributed by atoms with Crippen LogP contribution in [0.25, 0.3) is 0 Å². The highest BCUT2D eigenvalue weighted by atomic mass is 16.7. The first-order valence-corrected chi connectivity index (χ1v) is 24.4. The predicted molar refractivity (Wildman–Crippen MR) is 251 cm³/mol. The number of carbonyl (C=O) groups excluding carboxylic acids is 4. The number of ether oxygens (including phenoxy) is 10. The van der Waals surface area contributed by atoms with Crippen molar-refractivity contribution in [2.75, 3.05) is 40.0 Å². The van der Waals surface area contributed by atoms with Crippen LogP contribution in [0.2, 0.25) is 0 Å². The highest BCUT2D eigenvalue weighted by Gasteiger charge is 2.55. The molecular formula is C47H83N5O19. The molecule has 410 valence electrons. The molecule has 0 radical (unpaired) electrons. The van der Waals surface area contributed by atoms with Crippen LogP contribution < -0.4 is 16.0 Å². The van der Waals surface area contributed by atoms with Crippen molar-refractivity contribution in [2.24, 2.45) is 0 Å². The lowest BCUT2D eigenvalue weighted by atomic mass is 9.83. The summed E-state index contributed by atoms with van der Waals surface area (Å²) in [5, 5.41) is 53.5. The molecule has 1 saturated carbocycles. The van der Waals surface area contributed by atoms with Crippen molar-refractivity contribution < 1.29 is 91.8 Å². The second-order valence-electron chi connectivity index (χ2n) is 22.8. The zero-order valence-corrected chi connectivity index (χ0v) is 44.0. The number of aliphatic hydroxyl groups excluding tert-OH is 2. The van der Waals surface area contributed by atoms with Crippen LogP contribution in [0.15, 0.2) is 0 Å². The van der Waals surface area contributed by atoms with E-state index in [1.54, 1.807) is 83.1 Å². The maximum atomic E-state index is 13.7. The quantitative estimate of drug-likeness (QED) is 0.121. The van der Waals surface area contributed by atoms with Gasteiger partial charge >= 0.3 is 30.5 Å². The lowest BCUT2D eigenvalue weighted by molar-refractivity contribution is -0.314. The Bertz CT molecular complexity index is 1770. The predicted octanol–water partition coefficient (Wildman–Crippen LogP) is 3.93. The van der Waals surface area contributed by atoms with E-state index in [1.165, 1.54) is 18.9 Å². The first-order valence-electron chi connectivity index (χ1n) is 24.4. The molecule has 0 spiro atoms. The number of likely N-dealkylation sites (N-methyl/N-ethyl adjacent to an activating group) is 1. The summed E-state index contributed by atoms with van der Waals surface area (Å²) >= 11 is 0. The van der Waals surface area contributed by atoms with Gasteiger partial charge in [-0.3, -0.25) is 0 Å². The van der Waals surface area contributed by atoms with Crippen LogP contribution in [0.1, 0.15) is 129 Å². The topological polar surface area (TPSA) is 301 Å². The number of nitrogens with zero attached hydrogens (tertiary/aromatic N) is 2. The van der Waals surface area contributed by atoms with Crippen LogP contribution in [0.5, 0.6) is 0 Å². The van der Waals surface area contributed by atoms with Crippen molar-refractivity contribution >= 4 is 30.5 Å². The molecule has 24 heteroatoms. The lowest BCUT2D eigenvalue weighted by Gasteiger charge is -2.50.